The van der Waals surface area contributed by atoms with Gasteiger partial charge in [-0.05, 0) is 38.1 Å². The van der Waals surface area contributed by atoms with Crippen LogP contribution in [-0.2, 0) is 7.05 Å². The van der Waals surface area contributed by atoms with Crippen LogP contribution in [0, 0.1) is 11.6 Å². The molecule has 2 N–H and O–H groups in total. The van der Waals surface area contributed by atoms with Crippen LogP contribution in [-0.4, -0.2) is 44.9 Å². The number of nitrogens with zero attached hydrogens (tertiary/aromatic N) is 5. The molecule has 2 unspecified atom stereocenters. The van der Waals surface area contributed by atoms with E-state index < -0.39 is 11.6 Å². The highest BCUT2D eigenvalue weighted by atomic mass is 19.1. The fourth-order valence-electron chi connectivity index (χ4n) is 4.36. The Hall–Kier alpha value is -3.33. The molecule has 2 aromatic carbocycles. The summed E-state index contributed by atoms with van der Waals surface area (Å²) in [6.45, 7) is 5.80. The maximum atomic E-state index is 15.2. The largest absolute Gasteiger partial charge is 0.368 e. The van der Waals surface area contributed by atoms with Crippen LogP contribution in [0.15, 0.2) is 36.8 Å². The molecule has 0 amide bonds. The number of rotatable bonds is 3. The van der Waals surface area contributed by atoms with Crippen LogP contribution in [0.2, 0.25) is 0 Å². The first-order valence-electron chi connectivity index (χ1n) is 10.2. The van der Waals surface area contributed by atoms with Gasteiger partial charge in [-0.25, -0.2) is 18.7 Å². The number of hydrogen-bond donors (Lipinski definition) is 2. The third-order valence-corrected chi connectivity index (χ3v) is 5.54. The van der Waals surface area contributed by atoms with Crippen molar-refractivity contribution in [3.05, 3.63) is 48.4 Å². The summed E-state index contributed by atoms with van der Waals surface area (Å²) in [5, 5.41) is 11.6. The number of anilines is 3. The molecular formula is C22H23F2N7. The minimum absolute atomic E-state index is 0.272. The van der Waals surface area contributed by atoms with Crippen molar-refractivity contribution < 1.29 is 8.78 Å². The molecule has 1 aliphatic rings. The van der Waals surface area contributed by atoms with E-state index in [-0.39, 0.29) is 10.9 Å². The summed E-state index contributed by atoms with van der Waals surface area (Å²) in [6, 6.07) is 7.10. The predicted molar refractivity (Wildman–Crippen MR) is 118 cm³/mol. The number of aromatic nitrogens is 4. The molecule has 3 heterocycles. The lowest BCUT2D eigenvalue weighted by molar-refractivity contribution is 0.407. The van der Waals surface area contributed by atoms with Crippen LogP contribution in [0.25, 0.3) is 21.8 Å². The number of piperazine rings is 1. The van der Waals surface area contributed by atoms with E-state index in [1.165, 1.54) is 18.5 Å². The zero-order valence-corrected chi connectivity index (χ0v) is 17.5. The van der Waals surface area contributed by atoms with Crippen molar-refractivity contribution in [3.63, 3.8) is 0 Å². The normalized spacial score (nSPS) is 19.3. The first-order valence-corrected chi connectivity index (χ1v) is 10.2. The lowest BCUT2D eigenvalue weighted by Gasteiger charge is -2.37. The summed E-state index contributed by atoms with van der Waals surface area (Å²) >= 11 is 0. The van der Waals surface area contributed by atoms with Gasteiger partial charge in [0.05, 0.1) is 10.9 Å². The first-order chi connectivity index (χ1) is 14.9. The van der Waals surface area contributed by atoms with Gasteiger partial charge in [0.15, 0.2) is 5.82 Å². The second-order valence-electron chi connectivity index (χ2n) is 8.24. The molecule has 1 fully saturated rings. The highest BCUT2D eigenvalue weighted by Gasteiger charge is 2.23. The van der Waals surface area contributed by atoms with Gasteiger partial charge in [-0.3, -0.25) is 4.68 Å². The Bertz CT molecular complexity index is 1280. The Kier molecular flexibility index (Phi) is 4.70. The lowest BCUT2D eigenvalue weighted by atomic mass is 10.1. The Labute approximate surface area is 178 Å². The van der Waals surface area contributed by atoms with E-state index >= 15 is 4.39 Å². The number of aryl methyl sites for hydroxylation is 1. The fourth-order valence-corrected chi connectivity index (χ4v) is 4.36. The van der Waals surface area contributed by atoms with E-state index in [0.29, 0.717) is 34.5 Å². The van der Waals surface area contributed by atoms with Crippen molar-refractivity contribution >= 4 is 39.0 Å². The minimum atomic E-state index is -0.455. The van der Waals surface area contributed by atoms with Gasteiger partial charge >= 0.3 is 0 Å². The van der Waals surface area contributed by atoms with E-state index in [1.54, 1.807) is 24.0 Å². The van der Waals surface area contributed by atoms with Crippen LogP contribution in [0.3, 0.4) is 0 Å². The smallest absolute Gasteiger partial charge is 0.153 e. The molecule has 5 rings (SSSR count). The second-order valence-corrected chi connectivity index (χ2v) is 8.24. The molecule has 2 aromatic heterocycles. The summed E-state index contributed by atoms with van der Waals surface area (Å²) in [4.78, 5) is 10.7. The molecule has 9 heteroatoms. The summed E-state index contributed by atoms with van der Waals surface area (Å²) in [6.07, 6.45) is 3.11. The van der Waals surface area contributed by atoms with Crippen LogP contribution < -0.4 is 15.5 Å². The van der Waals surface area contributed by atoms with Crippen molar-refractivity contribution in [2.75, 3.05) is 23.3 Å². The summed E-state index contributed by atoms with van der Waals surface area (Å²) in [5.41, 5.74) is 2.04. The Morgan fingerprint density at radius 3 is 2.58 bits per heavy atom. The molecule has 0 spiro atoms. The molecule has 0 radical (unpaired) electrons. The van der Waals surface area contributed by atoms with Crippen LogP contribution in [0.4, 0.5) is 26.0 Å². The molecule has 1 saturated heterocycles. The number of hydrogen-bond acceptors (Lipinski definition) is 6. The standard InChI is InChI=1S/C22H23F2N7/c1-12-8-31(9-13(2)27-12)16-6-17(23)20-19(7-16)25-11-26-22(20)28-15-4-14-10-30(3)29-21(14)18(24)5-15/h4-7,10-13,27H,8-9H2,1-3H3,(H,25,26,28). The quantitative estimate of drug-likeness (QED) is 0.523. The van der Waals surface area contributed by atoms with Crippen molar-refractivity contribution in [1.29, 1.82) is 0 Å². The molecule has 4 aromatic rings. The first kappa shape index (κ1) is 19.6. The number of halogens is 2. The highest BCUT2D eigenvalue weighted by Crippen LogP contribution is 2.31. The van der Waals surface area contributed by atoms with Crippen molar-refractivity contribution in [1.82, 2.24) is 25.1 Å². The Morgan fingerprint density at radius 2 is 1.81 bits per heavy atom. The van der Waals surface area contributed by atoms with E-state index in [2.05, 4.69) is 44.4 Å². The molecule has 7 nitrogen and oxygen atoms in total. The van der Waals surface area contributed by atoms with Gasteiger partial charge in [-0.1, -0.05) is 0 Å². The summed E-state index contributed by atoms with van der Waals surface area (Å²) < 4.78 is 31.2. The molecule has 31 heavy (non-hydrogen) atoms. The summed E-state index contributed by atoms with van der Waals surface area (Å²) in [5.74, 6) is -0.584. The molecule has 2 atom stereocenters. The zero-order chi connectivity index (χ0) is 21.7. The SMILES string of the molecule is CC1CN(c2cc(F)c3c(Nc4cc(F)c5nn(C)cc5c4)ncnc3c2)CC(C)N1. The monoisotopic (exact) mass is 423 g/mol. The number of benzene rings is 2. The topological polar surface area (TPSA) is 70.9 Å². The van der Waals surface area contributed by atoms with Gasteiger partial charge < -0.3 is 15.5 Å². The average Bonchev–Trinajstić information content (AvgIpc) is 3.08. The van der Waals surface area contributed by atoms with Crippen LogP contribution in [0.1, 0.15) is 13.8 Å². The average molecular weight is 423 g/mol. The highest BCUT2D eigenvalue weighted by molar-refractivity contribution is 5.94. The third-order valence-electron chi connectivity index (χ3n) is 5.54. The lowest BCUT2D eigenvalue weighted by Crippen LogP contribution is -2.54. The maximum absolute atomic E-state index is 15.2. The van der Waals surface area contributed by atoms with Gasteiger partial charge in [-0.2, -0.15) is 5.10 Å². The molecule has 0 saturated carbocycles. The van der Waals surface area contributed by atoms with Crippen molar-refractivity contribution in [3.8, 4) is 0 Å². The second kappa shape index (κ2) is 7.42. The molecular weight excluding hydrogens is 400 g/mol. The van der Waals surface area contributed by atoms with E-state index in [4.69, 9.17) is 0 Å². The van der Waals surface area contributed by atoms with Crippen LogP contribution in [0.5, 0.6) is 0 Å². The molecule has 160 valence electrons. The van der Waals surface area contributed by atoms with Crippen LogP contribution >= 0.6 is 0 Å². The van der Waals surface area contributed by atoms with Gasteiger partial charge in [0.1, 0.15) is 23.5 Å². The molecule has 0 aliphatic carbocycles. The van der Waals surface area contributed by atoms with Gasteiger partial charge in [0, 0.05) is 55.2 Å². The Balaban J connectivity index is 1.53. The minimum Gasteiger partial charge on any atom is -0.368 e. The van der Waals surface area contributed by atoms with Crippen molar-refractivity contribution in [2.45, 2.75) is 25.9 Å². The fraction of sp³-hybridized carbons (Fsp3) is 0.318. The third kappa shape index (κ3) is 3.65. The van der Waals surface area contributed by atoms with E-state index in [1.807, 2.05) is 6.07 Å². The predicted octanol–water partition coefficient (Wildman–Crippen LogP) is 3.72. The molecule has 0 bridgehead atoms. The summed E-state index contributed by atoms with van der Waals surface area (Å²) in [7, 11) is 1.73. The molecule has 1 aliphatic heterocycles. The van der Waals surface area contributed by atoms with Crippen molar-refractivity contribution in [2.24, 2.45) is 7.05 Å². The zero-order valence-electron chi connectivity index (χ0n) is 17.5. The Morgan fingerprint density at radius 1 is 1.03 bits per heavy atom. The van der Waals surface area contributed by atoms with E-state index in [0.717, 1.165) is 18.8 Å². The van der Waals surface area contributed by atoms with Gasteiger partial charge in [0.2, 0.25) is 0 Å². The maximum Gasteiger partial charge on any atom is 0.153 e. The van der Waals surface area contributed by atoms with Gasteiger partial charge in [-0.15, -0.1) is 0 Å². The van der Waals surface area contributed by atoms with E-state index in [9.17, 15) is 4.39 Å². The number of nitrogens with one attached hydrogen (secondary N) is 2. The van der Waals surface area contributed by atoms with Gasteiger partial charge in [0.25, 0.3) is 0 Å². The number of fused-ring (bicyclic) bond motifs is 2.